The fraction of sp³-hybridized carbons (Fsp3) is 0. The van der Waals surface area contributed by atoms with Crippen LogP contribution in [0.15, 0.2) is 28.9 Å². The maximum atomic E-state index is 5.03. The minimum Gasteiger partial charge on any atom is -0.363 e. The zero-order chi connectivity index (χ0) is 7.97. The quantitative estimate of drug-likeness (QED) is 0.543. The highest BCUT2D eigenvalue weighted by Gasteiger charge is 2.04. The highest BCUT2D eigenvalue weighted by atomic mass is 16.5. The predicted molar refractivity (Wildman–Crippen MR) is 43.7 cm³/mol. The first-order chi connectivity index (χ1) is 5.95. The van der Waals surface area contributed by atoms with Crippen molar-refractivity contribution in [3.05, 3.63) is 24.4 Å². The summed E-state index contributed by atoms with van der Waals surface area (Å²) < 4.78 is 5.03. The van der Waals surface area contributed by atoms with Crippen molar-refractivity contribution in [2.45, 2.75) is 0 Å². The number of nitrogens with zero attached hydrogens (tertiary/aromatic N) is 2. The van der Waals surface area contributed by atoms with E-state index in [2.05, 4.69) is 15.4 Å². The monoisotopic (exact) mass is 159 g/mol. The lowest BCUT2D eigenvalue weighted by molar-refractivity contribution is 0.424. The van der Waals surface area contributed by atoms with Crippen LogP contribution in [0.5, 0.6) is 0 Å². The molecular formula is C8H5N3O. The summed E-state index contributed by atoms with van der Waals surface area (Å²) in [5.74, 6) is 0. The molecule has 4 heteroatoms. The van der Waals surface area contributed by atoms with Gasteiger partial charge in [0.25, 0.3) is 0 Å². The van der Waals surface area contributed by atoms with Crippen molar-refractivity contribution < 1.29 is 4.52 Å². The molecule has 58 valence electrons. The van der Waals surface area contributed by atoms with Gasteiger partial charge in [0.15, 0.2) is 5.58 Å². The number of hydrogen-bond acceptors (Lipinski definition) is 3. The van der Waals surface area contributed by atoms with Crippen molar-refractivity contribution in [3.8, 4) is 0 Å². The minimum absolute atomic E-state index is 0.760. The van der Waals surface area contributed by atoms with Gasteiger partial charge in [-0.3, -0.25) is 4.98 Å². The molecule has 0 radical (unpaired) electrons. The summed E-state index contributed by atoms with van der Waals surface area (Å²) in [4.78, 5) is 4.15. The van der Waals surface area contributed by atoms with Gasteiger partial charge in [0.1, 0.15) is 5.52 Å². The van der Waals surface area contributed by atoms with Crippen molar-refractivity contribution in [2.24, 2.45) is 0 Å². The molecule has 1 aromatic carbocycles. The molecular weight excluding hydrogens is 154 g/mol. The second kappa shape index (κ2) is 1.85. The molecule has 1 N–H and O–H groups in total. The standard InChI is InChI=1S/C8H5N3O/c1-2-7-8(10-11-12-7)5-3-4-9-6(1)5/h1-4,11H. The number of benzene rings is 1. The van der Waals surface area contributed by atoms with E-state index >= 15 is 0 Å². The van der Waals surface area contributed by atoms with E-state index in [-0.39, 0.29) is 0 Å². The van der Waals surface area contributed by atoms with Crippen LogP contribution in [0.4, 0.5) is 0 Å². The van der Waals surface area contributed by atoms with E-state index < -0.39 is 0 Å². The van der Waals surface area contributed by atoms with Crippen LogP contribution >= 0.6 is 0 Å². The van der Waals surface area contributed by atoms with Gasteiger partial charge in [-0.2, -0.15) is 0 Å². The Balaban J connectivity index is 2.71. The van der Waals surface area contributed by atoms with E-state index in [0.29, 0.717) is 0 Å². The molecule has 0 saturated heterocycles. The number of nitrogens with one attached hydrogen (secondary N) is 1. The average Bonchev–Trinajstić information content (AvgIpc) is 2.71. The first-order valence-corrected chi connectivity index (χ1v) is 3.62. The molecule has 3 aromatic rings. The number of hydrogen-bond donors (Lipinski definition) is 1. The van der Waals surface area contributed by atoms with Gasteiger partial charge in [-0.1, -0.05) is 0 Å². The molecule has 0 amide bonds. The van der Waals surface area contributed by atoms with Crippen LogP contribution in [0.3, 0.4) is 0 Å². The van der Waals surface area contributed by atoms with Gasteiger partial charge in [-0.05, 0) is 18.2 Å². The Hall–Kier alpha value is -1.84. The van der Waals surface area contributed by atoms with Crippen LogP contribution in [0.1, 0.15) is 0 Å². The van der Waals surface area contributed by atoms with Gasteiger partial charge < -0.3 is 4.52 Å². The smallest absolute Gasteiger partial charge is 0.185 e. The lowest BCUT2D eigenvalue weighted by Gasteiger charge is -1.85. The Labute approximate surface area is 67.2 Å². The van der Waals surface area contributed by atoms with Crippen LogP contribution in [0.2, 0.25) is 0 Å². The van der Waals surface area contributed by atoms with Crippen molar-refractivity contribution >= 4 is 22.0 Å². The number of rotatable bonds is 0. The molecule has 0 unspecified atom stereocenters. The summed E-state index contributed by atoms with van der Waals surface area (Å²) in [5, 5.41) is 7.48. The van der Waals surface area contributed by atoms with Crippen molar-refractivity contribution in [1.82, 2.24) is 15.4 Å². The van der Waals surface area contributed by atoms with Gasteiger partial charge in [-0.25, -0.2) is 0 Å². The molecule has 2 heterocycles. The largest absolute Gasteiger partial charge is 0.363 e. The van der Waals surface area contributed by atoms with E-state index in [1.165, 1.54) is 0 Å². The number of aromatic nitrogens is 3. The highest BCUT2D eigenvalue weighted by Crippen LogP contribution is 2.21. The summed E-state index contributed by atoms with van der Waals surface area (Å²) >= 11 is 0. The fourth-order valence-electron chi connectivity index (χ4n) is 1.36. The minimum atomic E-state index is 0.760. The molecule has 4 nitrogen and oxygen atoms in total. The molecule has 2 aromatic heterocycles. The Morgan fingerprint density at radius 1 is 1.25 bits per heavy atom. The van der Waals surface area contributed by atoms with E-state index in [4.69, 9.17) is 4.52 Å². The summed E-state index contributed by atoms with van der Waals surface area (Å²) in [6.07, 6.45) is 1.76. The number of aromatic amines is 1. The third-order valence-corrected chi connectivity index (χ3v) is 1.92. The Bertz CT molecular complexity index is 487. The van der Waals surface area contributed by atoms with Gasteiger partial charge in [0.2, 0.25) is 0 Å². The molecule has 3 rings (SSSR count). The molecule has 12 heavy (non-hydrogen) atoms. The SMILES string of the molecule is c1cc2c(ccc3o[nH]nc32)n1. The Morgan fingerprint density at radius 2 is 2.25 bits per heavy atom. The van der Waals surface area contributed by atoms with E-state index in [0.717, 1.165) is 22.0 Å². The zero-order valence-corrected chi connectivity index (χ0v) is 6.11. The second-order valence-electron chi connectivity index (χ2n) is 2.60. The van der Waals surface area contributed by atoms with E-state index in [1.54, 1.807) is 6.20 Å². The van der Waals surface area contributed by atoms with Crippen LogP contribution in [-0.2, 0) is 0 Å². The number of fused-ring (bicyclic) bond motifs is 3. The topological polar surface area (TPSA) is 54.7 Å². The third-order valence-electron chi connectivity index (χ3n) is 1.92. The summed E-state index contributed by atoms with van der Waals surface area (Å²) in [6, 6.07) is 5.69. The van der Waals surface area contributed by atoms with Gasteiger partial charge >= 0.3 is 0 Å². The first kappa shape index (κ1) is 5.77. The molecule has 0 aliphatic heterocycles. The third kappa shape index (κ3) is 0.567. The average molecular weight is 159 g/mol. The van der Waals surface area contributed by atoms with Gasteiger partial charge in [0.05, 0.1) is 5.52 Å². The fourth-order valence-corrected chi connectivity index (χ4v) is 1.36. The predicted octanol–water partition coefficient (Wildman–Crippen LogP) is 1.70. The summed E-state index contributed by atoms with van der Waals surface area (Å²) in [5.41, 5.74) is 2.55. The van der Waals surface area contributed by atoms with Crippen LogP contribution < -0.4 is 0 Å². The summed E-state index contributed by atoms with van der Waals surface area (Å²) in [7, 11) is 0. The second-order valence-corrected chi connectivity index (χ2v) is 2.60. The molecule has 0 bridgehead atoms. The lowest BCUT2D eigenvalue weighted by atomic mass is 10.2. The van der Waals surface area contributed by atoms with Crippen LogP contribution in [0.25, 0.3) is 22.0 Å². The van der Waals surface area contributed by atoms with Crippen molar-refractivity contribution in [3.63, 3.8) is 0 Å². The molecule has 0 spiro atoms. The molecule has 0 fully saturated rings. The van der Waals surface area contributed by atoms with Gasteiger partial charge in [0, 0.05) is 11.6 Å². The Kier molecular flexibility index (Phi) is 0.889. The lowest BCUT2D eigenvalue weighted by Crippen LogP contribution is -1.70. The highest BCUT2D eigenvalue weighted by molar-refractivity contribution is 6.01. The zero-order valence-electron chi connectivity index (χ0n) is 6.11. The van der Waals surface area contributed by atoms with E-state index in [1.807, 2.05) is 18.2 Å². The first-order valence-electron chi connectivity index (χ1n) is 3.62. The maximum Gasteiger partial charge on any atom is 0.185 e. The normalized spacial score (nSPS) is 11.3. The molecule has 0 atom stereocenters. The molecule has 0 saturated carbocycles. The maximum absolute atomic E-state index is 5.03. The van der Waals surface area contributed by atoms with Gasteiger partial charge in [-0.15, -0.1) is 10.4 Å². The van der Waals surface area contributed by atoms with Crippen LogP contribution in [-0.4, -0.2) is 15.4 Å². The van der Waals surface area contributed by atoms with E-state index in [9.17, 15) is 0 Å². The number of H-pyrrole nitrogens is 1. The molecule has 0 aliphatic rings. The Morgan fingerprint density at radius 3 is 3.25 bits per heavy atom. The van der Waals surface area contributed by atoms with Crippen molar-refractivity contribution in [2.75, 3.05) is 0 Å². The van der Waals surface area contributed by atoms with Crippen LogP contribution in [0, 0.1) is 0 Å². The summed E-state index contributed by atoms with van der Waals surface area (Å²) in [6.45, 7) is 0. The van der Waals surface area contributed by atoms with Crippen molar-refractivity contribution in [1.29, 1.82) is 0 Å². The molecule has 0 aliphatic carbocycles.